The molecule has 18 heavy (non-hydrogen) atoms. The molecule has 1 N–H and O–H groups in total. The molecule has 0 spiro atoms. The quantitative estimate of drug-likeness (QED) is 0.487. The lowest BCUT2D eigenvalue weighted by Gasteiger charge is -2.13. The van der Waals surface area contributed by atoms with Crippen LogP contribution in [0.5, 0.6) is 0 Å². The lowest BCUT2D eigenvalue weighted by Crippen LogP contribution is -2.29. The average molecular weight is 253 g/mol. The third kappa shape index (κ3) is 3.41. The summed E-state index contributed by atoms with van der Waals surface area (Å²) < 4.78 is 4.81. The smallest absolute Gasteiger partial charge is 0.328 e. The van der Waals surface area contributed by atoms with E-state index in [0.29, 0.717) is 5.69 Å². The second-order valence-corrected chi connectivity index (χ2v) is 3.70. The highest BCUT2D eigenvalue weighted by Gasteiger charge is 2.21. The number of nitrogens with one attached hydrogen (secondary N) is 1. The molecular weight excluding hydrogens is 238 g/mol. The van der Waals surface area contributed by atoms with Gasteiger partial charge in [-0.15, -0.1) is 0 Å². The molecule has 1 atom stereocenters. The van der Waals surface area contributed by atoms with Crippen molar-refractivity contribution in [2.75, 3.05) is 11.9 Å². The van der Waals surface area contributed by atoms with Gasteiger partial charge in [0.05, 0.1) is 11.5 Å². The fourth-order valence-electron chi connectivity index (χ4n) is 1.33. The highest BCUT2D eigenvalue weighted by molar-refractivity contribution is 5.79. The number of aromatic nitrogens is 1. The Morgan fingerprint density at radius 2 is 2.28 bits per heavy atom. The van der Waals surface area contributed by atoms with Crippen LogP contribution in [-0.4, -0.2) is 28.5 Å². The minimum Gasteiger partial charge on any atom is -0.464 e. The van der Waals surface area contributed by atoms with Crippen molar-refractivity contribution in [2.45, 2.75) is 26.8 Å². The second kappa shape index (κ2) is 5.95. The number of aryl methyl sites for hydroxylation is 1. The van der Waals surface area contributed by atoms with Crippen molar-refractivity contribution in [1.29, 1.82) is 0 Å². The van der Waals surface area contributed by atoms with Crippen molar-refractivity contribution < 1.29 is 14.5 Å². The molecule has 0 aliphatic rings. The van der Waals surface area contributed by atoms with E-state index in [1.54, 1.807) is 26.8 Å². The van der Waals surface area contributed by atoms with Gasteiger partial charge in [-0.05, 0) is 26.8 Å². The molecule has 1 aromatic rings. The molecule has 0 bridgehead atoms. The number of carbonyl (C=O) groups excluding carboxylic acids is 1. The van der Waals surface area contributed by atoms with Crippen molar-refractivity contribution in [3.63, 3.8) is 0 Å². The lowest BCUT2D eigenvalue weighted by atomic mass is 10.3. The number of ether oxygens (including phenoxy) is 1. The first-order valence-corrected chi connectivity index (χ1v) is 5.51. The number of rotatable bonds is 5. The molecule has 0 saturated carbocycles. The SMILES string of the molecule is CCOC(=O)C(C)Nc1nc(C)ccc1[N+](=O)[O-]. The maximum Gasteiger partial charge on any atom is 0.328 e. The van der Waals surface area contributed by atoms with Gasteiger partial charge in [0.1, 0.15) is 6.04 Å². The summed E-state index contributed by atoms with van der Waals surface area (Å²) >= 11 is 0. The minimum absolute atomic E-state index is 0.0700. The first-order valence-electron chi connectivity index (χ1n) is 5.51. The summed E-state index contributed by atoms with van der Waals surface area (Å²) in [6, 6.07) is 2.19. The van der Waals surface area contributed by atoms with Gasteiger partial charge in [-0.2, -0.15) is 0 Å². The summed E-state index contributed by atoms with van der Waals surface area (Å²) in [5, 5.41) is 13.5. The first kappa shape index (κ1) is 13.9. The Morgan fingerprint density at radius 3 is 2.83 bits per heavy atom. The number of esters is 1. The number of hydrogen-bond donors (Lipinski definition) is 1. The average Bonchev–Trinajstić information content (AvgIpc) is 2.28. The van der Waals surface area contributed by atoms with Crippen molar-refractivity contribution in [3.05, 3.63) is 27.9 Å². The first-order chi connectivity index (χ1) is 8.45. The summed E-state index contributed by atoms with van der Waals surface area (Å²) in [5.74, 6) is -0.407. The fraction of sp³-hybridized carbons (Fsp3) is 0.455. The largest absolute Gasteiger partial charge is 0.464 e. The van der Waals surface area contributed by atoms with Crippen LogP contribution in [0, 0.1) is 17.0 Å². The number of hydrogen-bond acceptors (Lipinski definition) is 6. The van der Waals surface area contributed by atoms with Gasteiger partial charge < -0.3 is 10.1 Å². The van der Waals surface area contributed by atoms with Gasteiger partial charge >= 0.3 is 11.7 Å². The van der Waals surface area contributed by atoms with E-state index in [0.717, 1.165) is 0 Å². The summed E-state index contributed by atoms with van der Waals surface area (Å²) in [5.41, 5.74) is 0.455. The maximum atomic E-state index is 11.4. The third-order valence-electron chi connectivity index (χ3n) is 2.20. The van der Waals surface area contributed by atoms with Crippen LogP contribution in [0.4, 0.5) is 11.5 Å². The van der Waals surface area contributed by atoms with Gasteiger partial charge in [-0.25, -0.2) is 9.78 Å². The molecule has 7 heteroatoms. The maximum absolute atomic E-state index is 11.4. The molecule has 0 aromatic carbocycles. The lowest BCUT2D eigenvalue weighted by molar-refractivity contribution is -0.384. The van der Waals surface area contributed by atoms with Crippen molar-refractivity contribution in [2.24, 2.45) is 0 Å². The fourth-order valence-corrected chi connectivity index (χ4v) is 1.33. The molecule has 7 nitrogen and oxygen atoms in total. The summed E-state index contributed by atoms with van der Waals surface area (Å²) in [7, 11) is 0. The molecule has 0 fully saturated rings. The van der Waals surface area contributed by atoms with Crippen molar-refractivity contribution >= 4 is 17.5 Å². The van der Waals surface area contributed by atoms with E-state index in [4.69, 9.17) is 4.74 Å². The second-order valence-electron chi connectivity index (χ2n) is 3.70. The standard InChI is InChI=1S/C11H15N3O4/c1-4-18-11(15)8(3)13-10-9(14(16)17)6-5-7(2)12-10/h5-6,8H,4H2,1-3H3,(H,12,13). The van der Waals surface area contributed by atoms with Gasteiger partial charge in [-0.3, -0.25) is 10.1 Å². The van der Waals surface area contributed by atoms with Gasteiger partial charge in [-0.1, -0.05) is 0 Å². The number of nitrogens with zero attached hydrogens (tertiary/aromatic N) is 2. The molecule has 1 aromatic heterocycles. The molecule has 1 heterocycles. The topological polar surface area (TPSA) is 94.4 Å². The molecule has 0 radical (unpaired) electrons. The minimum atomic E-state index is -0.696. The molecule has 0 saturated heterocycles. The Bertz CT molecular complexity index is 462. The Morgan fingerprint density at radius 1 is 1.61 bits per heavy atom. The molecule has 0 amide bonds. The third-order valence-corrected chi connectivity index (χ3v) is 2.20. The summed E-state index contributed by atoms with van der Waals surface area (Å²) in [6.45, 7) is 5.22. The Balaban J connectivity index is 2.92. The molecule has 98 valence electrons. The van der Waals surface area contributed by atoms with Crippen LogP contribution in [0.3, 0.4) is 0 Å². The van der Waals surface area contributed by atoms with Gasteiger partial charge in [0, 0.05) is 11.8 Å². The Kier molecular flexibility index (Phi) is 4.59. The van der Waals surface area contributed by atoms with Gasteiger partial charge in [0.25, 0.3) is 0 Å². The van der Waals surface area contributed by atoms with Crippen molar-refractivity contribution in [3.8, 4) is 0 Å². The summed E-state index contributed by atoms with van der Waals surface area (Å²) in [6.07, 6.45) is 0. The Labute approximate surface area is 104 Å². The molecule has 0 aliphatic carbocycles. The van der Waals surface area contributed by atoms with Gasteiger partial charge in [0.2, 0.25) is 5.82 Å². The zero-order chi connectivity index (χ0) is 13.7. The van der Waals surface area contributed by atoms with E-state index < -0.39 is 16.9 Å². The zero-order valence-corrected chi connectivity index (χ0v) is 10.5. The Hall–Kier alpha value is -2.18. The number of anilines is 1. The highest BCUT2D eigenvalue weighted by atomic mass is 16.6. The number of carbonyl (C=O) groups is 1. The monoisotopic (exact) mass is 253 g/mol. The van der Waals surface area contributed by atoms with Crippen LogP contribution in [0.1, 0.15) is 19.5 Å². The number of pyridine rings is 1. The number of nitro groups is 1. The van der Waals surface area contributed by atoms with Crippen LogP contribution in [-0.2, 0) is 9.53 Å². The van der Waals surface area contributed by atoms with Crippen LogP contribution >= 0.6 is 0 Å². The van der Waals surface area contributed by atoms with E-state index in [-0.39, 0.29) is 18.1 Å². The van der Waals surface area contributed by atoms with E-state index in [1.807, 2.05) is 0 Å². The normalized spacial score (nSPS) is 11.7. The van der Waals surface area contributed by atoms with E-state index in [9.17, 15) is 14.9 Å². The van der Waals surface area contributed by atoms with Crippen molar-refractivity contribution in [1.82, 2.24) is 4.98 Å². The highest BCUT2D eigenvalue weighted by Crippen LogP contribution is 2.22. The predicted octanol–water partition coefficient (Wildman–Crippen LogP) is 1.66. The summed E-state index contributed by atoms with van der Waals surface area (Å²) in [4.78, 5) is 25.7. The van der Waals surface area contributed by atoms with E-state index in [1.165, 1.54) is 6.07 Å². The van der Waals surface area contributed by atoms with E-state index in [2.05, 4.69) is 10.3 Å². The zero-order valence-electron chi connectivity index (χ0n) is 10.5. The molecule has 1 rings (SSSR count). The van der Waals surface area contributed by atoms with Crippen LogP contribution < -0.4 is 5.32 Å². The van der Waals surface area contributed by atoms with Crippen LogP contribution in [0.15, 0.2) is 12.1 Å². The molecule has 0 aliphatic heterocycles. The van der Waals surface area contributed by atoms with E-state index >= 15 is 0 Å². The van der Waals surface area contributed by atoms with Crippen LogP contribution in [0.2, 0.25) is 0 Å². The predicted molar refractivity (Wildman–Crippen MR) is 65.3 cm³/mol. The molecule has 1 unspecified atom stereocenters. The van der Waals surface area contributed by atoms with Gasteiger partial charge in [0.15, 0.2) is 0 Å². The molecular formula is C11H15N3O4. The van der Waals surface area contributed by atoms with Crippen LogP contribution in [0.25, 0.3) is 0 Å².